The highest BCUT2D eigenvalue weighted by Crippen LogP contribution is 2.23. The Morgan fingerprint density at radius 3 is 2.81 bits per heavy atom. The van der Waals surface area contributed by atoms with Crippen LogP contribution in [0.2, 0.25) is 5.02 Å². The Labute approximate surface area is 136 Å². The van der Waals surface area contributed by atoms with Gasteiger partial charge >= 0.3 is 0 Å². The average Bonchev–Trinajstić information content (AvgIpc) is 2.48. The summed E-state index contributed by atoms with van der Waals surface area (Å²) >= 11 is 7.64. The van der Waals surface area contributed by atoms with Gasteiger partial charge in [-0.2, -0.15) is 0 Å². The molecule has 0 heterocycles. The van der Waals surface area contributed by atoms with Crippen molar-refractivity contribution in [2.75, 3.05) is 12.3 Å². The zero-order valence-corrected chi connectivity index (χ0v) is 13.8. The summed E-state index contributed by atoms with van der Waals surface area (Å²) in [4.78, 5) is 13.2. The third-order valence-electron chi connectivity index (χ3n) is 3.79. The van der Waals surface area contributed by atoms with Gasteiger partial charge in [-0.1, -0.05) is 18.0 Å². The number of carbonyl (C=O) groups is 1. The van der Waals surface area contributed by atoms with Gasteiger partial charge < -0.3 is 11.1 Å². The Bertz CT molecular complexity index is 452. The van der Waals surface area contributed by atoms with Crippen LogP contribution >= 0.6 is 23.4 Å². The predicted molar refractivity (Wildman–Crippen MR) is 89.7 cm³/mol. The first-order chi connectivity index (χ1) is 10.1. The first-order valence-electron chi connectivity index (χ1n) is 7.57. The molecule has 1 aromatic carbocycles. The molecule has 1 aliphatic rings. The highest BCUT2D eigenvalue weighted by atomic mass is 35.5. The van der Waals surface area contributed by atoms with Crippen LogP contribution in [0.1, 0.15) is 32.1 Å². The summed E-state index contributed by atoms with van der Waals surface area (Å²) in [5, 5.41) is 3.80. The number of nitrogens with one attached hydrogen (secondary N) is 1. The Kier molecular flexibility index (Phi) is 6.87. The molecule has 3 nitrogen and oxygen atoms in total. The van der Waals surface area contributed by atoms with Gasteiger partial charge in [-0.3, -0.25) is 4.79 Å². The molecule has 21 heavy (non-hydrogen) atoms. The summed E-state index contributed by atoms with van der Waals surface area (Å²) in [6, 6.07) is 8.05. The van der Waals surface area contributed by atoms with Gasteiger partial charge in [0.2, 0.25) is 5.91 Å². The summed E-state index contributed by atoms with van der Waals surface area (Å²) in [7, 11) is 0. The van der Waals surface area contributed by atoms with Gasteiger partial charge in [0.05, 0.1) is 0 Å². The Morgan fingerprint density at radius 2 is 2.10 bits per heavy atom. The van der Waals surface area contributed by atoms with Gasteiger partial charge in [0.1, 0.15) is 0 Å². The zero-order chi connectivity index (χ0) is 15.1. The number of halogens is 1. The van der Waals surface area contributed by atoms with E-state index in [1.165, 1.54) is 4.90 Å². The standard InChI is InChI=1S/C16H23ClN2OS/c17-13-5-7-15(8-6-13)21-10-2-9-19-16(20)12-3-1-4-14(18)11-12/h5-8,12,14H,1-4,9-11,18H2,(H,19,20)/t12-,14+/m1/s1. The van der Waals surface area contributed by atoms with E-state index in [4.69, 9.17) is 17.3 Å². The second-order valence-corrected chi connectivity index (χ2v) is 7.18. The zero-order valence-electron chi connectivity index (χ0n) is 12.2. The largest absolute Gasteiger partial charge is 0.356 e. The number of hydrogen-bond donors (Lipinski definition) is 2. The summed E-state index contributed by atoms with van der Waals surface area (Å²) in [6.07, 6.45) is 4.93. The molecule has 1 fully saturated rings. The van der Waals surface area contributed by atoms with Gasteiger partial charge in [-0.15, -0.1) is 11.8 Å². The Balaban J connectivity index is 1.59. The summed E-state index contributed by atoms with van der Waals surface area (Å²) in [5.74, 6) is 1.30. The molecule has 0 saturated heterocycles. The maximum Gasteiger partial charge on any atom is 0.223 e. The van der Waals surface area contributed by atoms with Crippen LogP contribution in [0.4, 0.5) is 0 Å². The molecule has 2 rings (SSSR count). The van der Waals surface area contributed by atoms with E-state index in [2.05, 4.69) is 5.32 Å². The lowest BCUT2D eigenvalue weighted by molar-refractivity contribution is -0.126. The molecule has 116 valence electrons. The lowest BCUT2D eigenvalue weighted by atomic mass is 9.85. The van der Waals surface area contributed by atoms with Crippen molar-refractivity contribution in [3.05, 3.63) is 29.3 Å². The fraction of sp³-hybridized carbons (Fsp3) is 0.562. The highest BCUT2D eigenvalue weighted by Gasteiger charge is 2.24. The van der Waals surface area contributed by atoms with Crippen molar-refractivity contribution in [1.82, 2.24) is 5.32 Å². The Hall–Kier alpha value is -0.710. The molecule has 1 aromatic rings. The predicted octanol–water partition coefficient (Wildman–Crippen LogP) is 3.46. The van der Waals surface area contributed by atoms with Gasteiger partial charge in [-0.05, 0) is 55.7 Å². The van der Waals surface area contributed by atoms with Crippen LogP contribution in [0.3, 0.4) is 0 Å². The van der Waals surface area contributed by atoms with Crippen LogP contribution in [0.15, 0.2) is 29.2 Å². The molecule has 0 aliphatic heterocycles. The molecular formula is C16H23ClN2OS. The third kappa shape index (κ3) is 5.89. The van der Waals surface area contributed by atoms with Gasteiger partial charge in [0.15, 0.2) is 0 Å². The summed E-state index contributed by atoms with van der Waals surface area (Å²) < 4.78 is 0. The lowest BCUT2D eigenvalue weighted by Gasteiger charge is -2.25. The second kappa shape index (κ2) is 8.66. The van der Waals surface area contributed by atoms with Gasteiger partial charge in [0.25, 0.3) is 0 Å². The van der Waals surface area contributed by atoms with Crippen molar-refractivity contribution < 1.29 is 4.79 Å². The normalized spacial score (nSPS) is 22.0. The molecular weight excluding hydrogens is 304 g/mol. The van der Waals surface area contributed by atoms with Crippen LogP contribution in [0.5, 0.6) is 0 Å². The molecule has 0 bridgehead atoms. The number of hydrogen-bond acceptors (Lipinski definition) is 3. The summed E-state index contributed by atoms with van der Waals surface area (Å²) in [5.41, 5.74) is 5.92. The number of benzene rings is 1. The molecule has 0 unspecified atom stereocenters. The van der Waals surface area contributed by atoms with E-state index in [0.717, 1.165) is 49.4 Å². The molecule has 3 N–H and O–H groups in total. The van der Waals surface area contributed by atoms with E-state index in [1.54, 1.807) is 11.8 Å². The molecule has 1 amide bonds. The van der Waals surface area contributed by atoms with Crippen molar-refractivity contribution in [3.8, 4) is 0 Å². The quantitative estimate of drug-likeness (QED) is 0.622. The maximum atomic E-state index is 12.0. The number of carbonyl (C=O) groups excluding carboxylic acids is 1. The first kappa shape index (κ1) is 16.7. The molecule has 2 atom stereocenters. The smallest absolute Gasteiger partial charge is 0.223 e. The van der Waals surface area contributed by atoms with Crippen molar-refractivity contribution in [1.29, 1.82) is 0 Å². The second-order valence-electron chi connectivity index (χ2n) is 5.57. The van der Waals surface area contributed by atoms with E-state index in [-0.39, 0.29) is 17.9 Å². The SMILES string of the molecule is N[C@H]1CCC[C@@H](C(=O)NCCCSc2ccc(Cl)cc2)C1. The molecule has 0 radical (unpaired) electrons. The molecule has 5 heteroatoms. The first-order valence-corrected chi connectivity index (χ1v) is 8.93. The topological polar surface area (TPSA) is 55.1 Å². The number of rotatable bonds is 6. The fourth-order valence-corrected chi connectivity index (χ4v) is 3.59. The van der Waals surface area contributed by atoms with E-state index in [9.17, 15) is 4.79 Å². The number of amides is 1. The van der Waals surface area contributed by atoms with Crippen molar-refractivity contribution in [3.63, 3.8) is 0 Å². The molecule has 0 spiro atoms. The molecule has 0 aromatic heterocycles. The van der Waals surface area contributed by atoms with Crippen molar-refractivity contribution in [2.45, 2.75) is 43.0 Å². The number of thioether (sulfide) groups is 1. The van der Waals surface area contributed by atoms with Gasteiger partial charge in [-0.25, -0.2) is 0 Å². The van der Waals surface area contributed by atoms with E-state index in [0.29, 0.717) is 0 Å². The summed E-state index contributed by atoms with van der Waals surface area (Å²) in [6.45, 7) is 0.741. The van der Waals surface area contributed by atoms with Crippen LogP contribution in [0.25, 0.3) is 0 Å². The van der Waals surface area contributed by atoms with Crippen LogP contribution in [0, 0.1) is 5.92 Å². The third-order valence-corrected chi connectivity index (χ3v) is 5.14. The van der Waals surface area contributed by atoms with Crippen LogP contribution in [-0.2, 0) is 4.79 Å². The van der Waals surface area contributed by atoms with E-state index < -0.39 is 0 Å². The van der Waals surface area contributed by atoms with Crippen molar-refractivity contribution in [2.24, 2.45) is 11.7 Å². The number of nitrogens with two attached hydrogens (primary N) is 1. The van der Waals surface area contributed by atoms with Crippen LogP contribution in [-0.4, -0.2) is 24.2 Å². The molecule has 1 saturated carbocycles. The van der Waals surface area contributed by atoms with E-state index >= 15 is 0 Å². The minimum atomic E-state index is 0.123. The molecule has 1 aliphatic carbocycles. The maximum absolute atomic E-state index is 12.0. The fourth-order valence-electron chi connectivity index (χ4n) is 2.61. The van der Waals surface area contributed by atoms with Gasteiger partial charge in [0, 0.05) is 28.4 Å². The minimum Gasteiger partial charge on any atom is -0.356 e. The van der Waals surface area contributed by atoms with Crippen molar-refractivity contribution >= 4 is 29.3 Å². The minimum absolute atomic E-state index is 0.123. The van der Waals surface area contributed by atoms with Crippen LogP contribution < -0.4 is 11.1 Å². The average molecular weight is 327 g/mol. The van der Waals surface area contributed by atoms with E-state index in [1.807, 2.05) is 24.3 Å². The Morgan fingerprint density at radius 1 is 1.33 bits per heavy atom. The lowest BCUT2D eigenvalue weighted by Crippen LogP contribution is -2.38. The monoisotopic (exact) mass is 326 g/mol. The highest BCUT2D eigenvalue weighted by molar-refractivity contribution is 7.99.